The quantitative estimate of drug-likeness (QED) is 0.526. The van der Waals surface area contributed by atoms with Crippen LogP contribution in [0.4, 0.5) is 10.1 Å². The van der Waals surface area contributed by atoms with E-state index in [0.29, 0.717) is 58.8 Å². The predicted octanol–water partition coefficient (Wildman–Crippen LogP) is 3.53. The Kier molecular flexibility index (Phi) is 6.85. The van der Waals surface area contributed by atoms with E-state index < -0.39 is 21.5 Å². The van der Waals surface area contributed by atoms with E-state index in [9.17, 15) is 13.4 Å². The van der Waals surface area contributed by atoms with E-state index in [4.69, 9.17) is 9.47 Å². The van der Waals surface area contributed by atoms with Gasteiger partial charge in [-0.25, -0.2) is 8.60 Å². The monoisotopic (exact) mass is 476 g/mol. The van der Waals surface area contributed by atoms with Gasteiger partial charge in [-0.3, -0.25) is 9.79 Å². The standard InChI is InChI=1S/C23H29FN4O4S/c1-15-18(23(29)27-33(30)10-4-5-11-33)13-28(3)21(15)22(25-2)26-19-7-6-16(24)12-20(19)32-17-8-9-31-14-17/h6-7,12-13,17H,4-5,8-11,14H2,1-3H3,(H,25,26)/t17-/m0/s1. The van der Waals surface area contributed by atoms with Gasteiger partial charge in [-0.05, 0) is 37.5 Å². The lowest BCUT2D eigenvalue weighted by Gasteiger charge is -2.18. The van der Waals surface area contributed by atoms with E-state index in [0.717, 1.165) is 19.3 Å². The first-order valence-electron chi connectivity index (χ1n) is 11.0. The molecule has 33 heavy (non-hydrogen) atoms. The number of amidine groups is 1. The van der Waals surface area contributed by atoms with Crippen LogP contribution in [0.5, 0.6) is 5.75 Å². The second-order valence-electron chi connectivity index (χ2n) is 8.35. The lowest BCUT2D eigenvalue weighted by molar-refractivity contribution is 0.100. The first-order chi connectivity index (χ1) is 15.8. The Balaban J connectivity index is 1.63. The van der Waals surface area contributed by atoms with Crippen molar-refractivity contribution in [3.05, 3.63) is 47.0 Å². The molecule has 178 valence electrons. The van der Waals surface area contributed by atoms with Crippen molar-refractivity contribution in [2.75, 3.05) is 37.1 Å². The van der Waals surface area contributed by atoms with Crippen LogP contribution < -0.4 is 10.1 Å². The van der Waals surface area contributed by atoms with Gasteiger partial charge in [0.25, 0.3) is 5.91 Å². The van der Waals surface area contributed by atoms with E-state index >= 15 is 0 Å². The third-order valence-corrected chi connectivity index (χ3v) is 8.27. The summed E-state index contributed by atoms with van der Waals surface area (Å²) in [6.45, 7) is 2.88. The molecule has 1 aromatic heterocycles. The molecule has 8 nitrogen and oxygen atoms in total. The molecule has 2 fully saturated rings. The van der Waals surface area contributed by atoms with Crippen molar-refractivity contribution in [1.29, 1.82) is 0 Å². The second kappa shape index (κ2) is 9.64. The number of nitrogens with one attached hydrogen (secondary N) is 1. The molecule has 0 spiro atoms. The van der Waals surface area contributed by atoms with Crippen LogP contribution in [-0.4, -0.2) is 58.4 Å². The number of hydrogen-bond donors (Lipinski definition) is 1. The number of anilines is 1. The molecule has 2 aliphatic heterocycles. The topological polar surface area (TPSA) is 94.3 Å². The molecule has 2 aromatic rings. The molecular weight excluding hydrogens is 447 g/mol. The normalized spacial score (nSPS) is 20.1. The molecule has 3 heterocycles. The summed E-state index contributed by atoms with van der Waals surface area (Å²) in [5.74, 6) is 0.917. The number of rotatable bonds is 5. The molecule has 1 aromatic carbocycles. The fourth-order valence-electron chi connectivity index (χ4n) is 4.19. The van der Waals surface area contributed by atoms with Crippen LogP contribution in [0, 0.1) is 12.7 Å². The summed E-state index contributed by atoms with van der Waals surface area (Å²) in [6.07, 6.45) is 3.94. The van der Waals surface area contributed by atoms with Crippen LogP contribution >= 0.6 is 0 Å². The fraction of sp³-hybridized carbons (Fsp3) is 0.478. The minimum Gasteiger partial charge on any atom is -0.486 e. The number of aryl methyl sites for hydroxylation is 1. The van der Waals surface area contributed by atoms with Gasteiger partial charge in [0.05, 0.1) is 39.9 Å². The van der Waals surface area contributed by atoms with Crippen molar-refractivity contribution >= 4 is 27.2 Å². The van der Waals surface area contributed by atoms with Crippen molar-refractivity contribution in [2.24, 2.45) is 16.4 Å². The number of halogens is 1. The summed E-state index contributed by atoms with van der Waals surface area (Å²) in [6, 6.07) is 4.27. The number of carbonyl (C=O) groups is 1. The highest BCUT2D eigenvalue weighted by molar-refractivity contribution is 7.94. The predicted molar refractivity (Wildman–Crippen MR) is 126 cm³/mol. The first-order valence-corrected chi connectivity index (χ1v) is 12.9. The van der Waals surface area contributed by atoms with Gasteiger partial charge in [0.1, 0.15) is 23.5 Å². The SMILES string of the molecule is CN=C(Nc1ccc(F)cc1O[C@H]1CCOC1)c1c(C)c(C(=O)N=S2(=O)CCCC2)cn1C. The number of amides is 1. The van der Waals surface area contributed by atoms with Crippen molar-refractivity contribution in [1.82, 2.24) is 4.57 Å². The largest absolute Gasteiger partial charge is 0.486 e. The molecular formula is C23H29FN4O4S. The summed E-state index contributed by atoms with van der Waals surface area (Å²) in [7, 11) is 0.976. The van der Waals surface area contributed by atoms with Crippen LogP contribution in [0.2, 0.25) is 0 Å². The van der Waals surface area contributed by atoms with E-state index in [2.05, 4.69) is 14.7 Å². The van der Waals surface area contributed by atoms with Crippen molar-refractivity contribution in [2.45, 2.75) is 32.3 Å². The number of ether oxygens (including phenoxy) is 2. The minimum absolute atomic E-state index is 0.144. The van der Waals surface area contributed by atoms with Crippen LogP contribution in [0.1, 0.15) is 40.9 Å². The van der Waals surface area contributed by atoms with E-state index in [-0.39, 0.29) is 6.10 Å². The molecule has 0 saturated carbocycles. The summed E-state index contributed by atoms with van der Waals surface area (Å²) < 4.78 is 43.9. The van der Waals surface area contributed by atoms with Crippen LogP contribution in [0.3, 0.4) is 0 Å². The lowest BCUT2D eigenvalue weighted by atomic mass is 10.1. The van der Waals surface area contributed by atoms with Crippen LogP contribution in [-0.2, 0) is 21.5 Å². The summed E-state index contributed by atoms with van der Waals surface area (Å²) in [5.41, 5.74) is 2.30. The number of hydrogen-bond acceptors (Lipinski definition) is 5. The third kappa shape index (κ3) is 5.11. The second-order valence-corrected chi connectivity index (χ2v) is 10.9. The number of nitrogens with zero attached hydrogens (tertiary/aromatic N) is 3. The third-order valence-electron chi connectivity index (χ3n) is 5.92. The van der Waals surface area contributed by atoms with Crippen LogP contribution in [0.25, 0.3) is 0 Å². The smallest absolute Gasteiger partial charge is 0.286 e. The van der Waals surface area contributed by atoms with Gasteiger partial charge in [-0.15, -0.1) is 0 Å². The molecule has 1 amide bonds. The molecule has 0 aliphatic carbocycles. The van der Waals surface area contributed by atoms with Gasteiger partial charge in [-0.2, -0.15) is 4.36 Å². The Morgan fingerprint density at radius 3 is 2.76 bits per heavy atom. The maximum Gasteiger partial charge on any atom is 0.286 e. The molecule has 2 aliphatic rings. The average Bonchev–Trinajstić information content (AvgIpc) is 3.50. The molecule has 0 bridgehead atoms. The van der Waals surface area contributed by atoms with E-state index in [1.54, 1.807) is 30.9 Å². The van der Waals surface area contributed by atoms with Gasteiger partial charge in [0.15, 0.2) is 0 Å². The maximum absolute atomic E-state index is 13.9. The maximum atomic E-state index is 13.9. The number of carbonyl (C=O) groups excluding carboxylic acids is 1. The number of aromatic nitrogens is 1. The highest BCUT2D eigenvalue weighted by atomic mass is 32.2. The molecule has 0 unspecified atom stereocenters. The molecule has 0 radical (unpaired) electrons. The van der Waals surface area contributed by atoms with Crippen molar-refractivity contribution in [3.63, 3.8) is 0 Å². The molecule has 1 N–H and O–H groups in total. The molecule has 10 heteroatoms. The Labute approximate surface area is 193 Å². The van der Waals surface area contributed by atoms with Gasteiger partial charge in [-0.1, -0.05) is 0 Å². The lowest BCUT2D eigenvalue weighted by Crippen LogP contribution is -2.21. The van der Waals surface area contributed by atoms with E-state index in [1.807, 2.05) is 6.92 Å². The molecule has 4 rings (SSSR count). The zero-order valence-corrected chi connectivity index (χ0v) is 19.9. The van der Waals surface area contributed by atoms with Gasteiger partial charge < -0.3 is 19.4 Å². The Bertz CT molecular complexity index is 1200. The zero-order chi connectivity index (χ0) is 23.6. The minimum atomic E-state index is -2.46. The zero-order valence-electron chi connectivity index (χ0n) is 19.1. The van der Waals surface area contributed by atoms with Gasteiger partial charge in [0.2, 0.25) is 0 Å². The number of aliphatic imine (C=N–C) groups is 1. The van der Waals surface area contributed by atoms with Crippen molar-refractivity contribution < 1.29 is 22.9 Å². The summed E-state index contributed by atoms with van der Waals surface area (Å²) in [5, 5.41) is 3.23. The summed E-state index contributed by atoms with van der Waals surface area (Å²) >= 11 is 0. The number of benzene rings is 1. The highest BCUT2D eigenvalue weighted by Crippen LogP contribution is 2.29. The fourth-order valence-corrected chi connectivity index (χ4v) is 6.28. The van der Waals surface area contributed by atoms with E-state index in [1.165, 1.54) is 12.1 Å². The van der Waals surface area contributed by atoms with Gasteiger partial charge in [0, 0.05) is 44.3 Å². The summed E-state index contributed by atoms with van der Waals surface area (Å²) in [4.78, 5) is 17.2. The first kappa shape index (κ1) is 23.4. The van der Waals surface area contributed by atoms with Gasteiger partial charge >= 0.3 is 0 Å². The average molecular weight is 477 g/mol. The highest BCUT2D eigenvalue weighted by Gasteiger charge is 2.24. The molecule has 2 saturated heterocycles. The Morgan fingerprint density at radius 1 is 1.33 bits per heavy atom. The van der Waals surface area contributed by atoms with Crippen LogP contribution in [0.15, 0.2) is 33.8 Å². The Morgan fingerprint density at radius 2 is 2.09 bits per heavy atom. The molecule has 1 atom stereocenters. The van der Waals surface area contributed by atoms with Crippen molar-refractivity contribution in [3.8, 4) is 5.75 Å². The Hall–Kier alpha value is -2.72.